The van der Waals surface area contributed by atoms with E-state index in [1.807, 2.05) is 17.2 Å². The predicted octanol–water partition coefficient (Wildman–Crippen LogP) is 3.79. The second kappa shape index (κ2) is 6.81. The smallest absolute Gasteiger partial charge is 0.273 e. The molecule has 0 N–H and O–H groups in total. The van der Waals surface area contributed by atoms with Crippen LogP contribution >= 0.6 is 11.3 Å². The number of carbonyl (C=O) groups excluding carboxylic acids is 1. The lowest BCUT2D eigenvalue weighted by Gasteiger charge is -2.30. The van der Waals surface area contributed by atoms with E-state index in [1.54, 1.807) is 0 Å². The second-order valence-corrected chi connectivity index (χ2v) is 7.11. The molecular formula is C18H22N2O2S. The molecule has 5 heteroatoms. The SMILES string of the molecule is CC1CN(C(=O)c2csc(-c3ccc(C(C)C)cc3)n2)CCO1. The van der Waals surface area contributed by atoms with E-state index in [0.29, 0.717) is 31.3 Å². The number of hydrogen-bond acceptors (Lipinski definition) is 4. The van der Waals surface area contributed by atoms with Gasteiger partial charge in [0.15, 0.2) is 0 Å². The maximum atomic E-state index is 12.5. The number of carbonyl (C=O) groups is 1. The number of nitrogens with zero attached hydrogens (tertiary/aromatic N) is 2. The van der Waals surface area contributed by atoms with Gasteiger partial charge in [0, 0.05) is 24.0 Å². The van der Waals surface area contributed by atoms with E-state index in [1.165, 1.54) is 16.9 Å². The summed E-state index contributed by atoms with van der Waals surface area (Å²) in [6.07, 6.45) is 0.0920. The molecule has 0 spiro atoms. The van der Waals surface area contributed by atoms with Gasteiger partial charge in [-0.1, -0.05) is 38.1 Å². The molecule has 0 radical (unpaired) electrons. The highest BCUT2D eigenvalue weighted by molar-refractivity contribution is 7.13. The summed E-state index contributed by atoms with van der Waals surface area (Å²) < 4.78 is 5.49. The zero-order valence-corrected chi connectivity index (χ0v) is 14.6. The molecule has 1 aromatic heterocycles. The third-order valence-electron chi connectivity index (χ3n) is 4.08. The molecule has 0 aliphatic carbocycles. The summed E-state index contributed by atoms with van der Waals surface area (Å²) in [6.45, 7) is 8.22. The van der Waals surface area contributed by atoms with E-state index in [4.69, 9.17) is 4.74 Å². The molecule has 1 amide bonds. The third-order valence-corrected chi connectivity index (χ3v) is 4.97. The fourth-order valence-electron chi connectivity index (χ4n) is 2.68. The zero-order chi connectivity index (χ0) is 16.4. The van der Waals surface area contributed by atoms with E-state index in [-0.39, 0.29) is 12.0 Å². The van der Waals surface area contributed by atoms with Crippen LogP contribution in [0.2, 0.25) is 0 Å². The number of amides is 1. The lowest BCUT2D eigenvalue weighted by atomic mass is 10.0. The van der Waals surface area contributed by atoms with Crippen molar-refractivity contribution in [3.05, 3.63) is 40.9 Å². The Labute approximate surface area is 141 Å². The van der Waals surface area contributed by atoms with Crippen LogP contribution in [0.1, 0.15) is 42.7 Å². The van der Waals surface area contributed by atoms with Gasteiger partial charge in [0.2, 0.25) is 0 Å². The van der Waals surface area contributed by atoms with E-state index < -0.39 is 0 Å². The number of rotatable bonds is 3. The molecule has 1 saturated heterocycles. The van der Waals surface area contributed by atoms with Crippen LogP contribution < -0.4 is 0 Å². The Morgan fingerprint density at radius 1 is 1.35 bits per heavy atom. The first kappa shape index (κ1) is 16.1. The summed E-state index contributed by atoms with van der Waals surface area (Å²) in [7, 11) is 0. The van der Waals surface area contributed by atoms with Gasteiger partial charge in [-0.15, -0.1) is 11.3 Å². The minimum atomic E-state index is 0.00134. The summed E-state index contributed by atoms with van der Waals surface area (Å²) in [4.78, 5) is 18.9. The minimum Gasteiger partial charge on any atom is -0.375 e. The standard InChI is InChI=1S/C18H22N2O2S/c1-12(2)14-4-6-15(7-5-14)17-19-16(11-23-17)18(21)20-8-9-22-13(3)10-20/h4-7,11-13H,8-10H2,1-3H3. The monoisotopic (exact) mass is 330 g/mol. The molecule has 1 atom stereocenters. The van der Waals surface area contributed by atoms with Crippen LogP contribution in [0.5, 0.6) is 0 Å². The van der Waals surface area contributed by atoms with E-state index >= 15 is 0 Å². The summed E-state index contributed by atoms with van der Waals surface area (Å²) in [5.41, 5.74) is 2.91. The molecule has 1 aliphatic rings. The largest absolute Gasteiger partial charge is 0.375 e. The first-order valence-corrected chi connectivity index (χ1v) is 8.89. The fourth-order valence-corrected chi connectivity index (χ4v) is 3.48. The number of thiazole rings is 1. The van der Waals surface area contributed by atoms with Crippen LogP contribution in [0.3, 0.4) is 0 Å². The van der Waals surface area contributed by atoms with Gasteiger partial charge in [-0.2, -0.15) is 0 Å². The molecule has 1 unspecified atom stereocenters. The van der Waals surface area contributed by atoms with Crippen molar-refractivity contribution in [2.45, 2.75) is 32.8 Å². The molecule has 2 heterocycles. The van der Waals surface area contributed by atoms with Gasteiger partial charge in [0.25, 0.3) is 5.91 Å². The Balaban J connectivity index is 1.76. The first-order valence-electron chi connectivity index (χ1n) is 8.01. The van der Waals surface area contributed by atoms with Gasteiger partial charge in [-0.25, -0.2) is 4.98 Å². The van der Waals surface area contributed by atoms with Crippen LogP contribution in [0.15, 0.2) is 29.6 Å². The van der Waals surface area contributed by atoms with Crippen molar-refractivity contribution in [2.24, 2.45) is 0 Å². The molecule has 23 heavy (non-hydrogen) atoms. The van der Waals surface area contributed by atoms with Crippen molar-refractivity contribution in [3.8, 4) is 10.6 Å². The van der Waals surface area contributed by atoms with Gasteiger partial charge in [-0.3, -0.25) is 4.79 Å². The Bertz CT molecular complexity index is 679. The summed E-state index contributed by atoms with van der Waals surface area (Å²) in [5, 5.41) is 2.75. The molecule has 0 bridgehead atoms. The maximum absolute atomic E-state index is 12.5. The number of hydrogen-bond donors (Lipinski definition) is 0. The first-order chi connectivity index (χ1) is 11.0. The van der Waals surface area contributed by atoms with Gasteiger partial charge in [-0.05, 0) is 18.4 Å². The average Bonchev–Trinajstić information content (AvgIpc) is 3.04. The molecule has 122 valence electrons. The van der Waals surface area contributed by atoms with Crippen LogP contribution in [-0.2, 0) is 4.74 Å². The van der Waals surface area contributed by atoms with Crippen LogP contribution in [-0.4, -0.2) is 41.6 Å². The van der Waals surface area contributed by atoms with Crippen LogP contribution in [0.25, 0.3) is 10.6 Å². The second-order valence-electron chi connectivity index (χ2n) is 6.25. The lowest BCUT2D eigenvalue weighted by Crippen LogP contribution is -2.44. The van der Waals surface area contributed by atoms with Crippen molar-refractivity contribution in [2.75, 3.05) is 19.7 Å². The molecule has 2 aromatic rings. The Morgan fingerprint density at radius 2 is 2.09 bits per heavy atom. The average molecular weight is 330 g/mol. The zero-order valence-electron chi connectivity index (χ0n) is 13.8. The highest BCUT2D eigenvalue weighted by atomic mass is 32.1. The number of benzene rings is 1. The van der Waals surface area contributed by atoms with E-state index in [0.717, 1.165) is 10.6 Å². The Kier molecular flexibility index (Phi) is 4.78. The third kappa shape index (κ3) is 3.62. The van der Waals surface area contributed by atoms with Gasteiger partial charge in [0.1, 0.15) is 10.7 Å². The van der Waals surface area contributed by atoms with Crippen molar-refractivity contribution < 1.29 is 9.53 Å². The highest BCUT2D eigenvalue weighted by Crippen LogP contribution is 2.26. The normalized spacial score (nSPS) is 18.4. The summed E-state index contributed by atoms with van der Waals surface area (Å²) in [6, 6.07) is 8.43. The molecule has 3 rings (SSSR count). The summed E-state index contributed by atoms with van der Waals surface area (Å²) in [5.74, 6) is 0.516. The maximum Gasteiger partial charge on any atom is 0.273 e. The van der Waals surface area contributed by atoms with Gasteiger partial charge >= 0.3 is 0 Å². The Hall–Kier alpha value is -1.72. The summed E-state index contributed by atoms with van der Waals surface area (Å²) >= 11 is 1.52. The number of aromatic nitrogens is 1. The van der Waals surface area contributed by atoms with E-state index in [9.17, 15) is 4.79 Å². The highest BCUT2D eigenvalue weighted by Gasteiger charge is 2.24. The molecular weight excluding hydrogens is 308 g/mol. The molecule has 0 saturated carbocycles. The topological polar surface area (TPSA) is 42.4 Å². The molecule has 1 fully saturated rings. The molecule has 1 aliphatic heterocycles. The fraction of sp³-hybridized carbons (Fsp3) is 0.444. The van der Waals surface area contributed by atoms with Gasteiger partial charge in [0.05, 0.1) is 12.7 Å². The van der Waals surface area contributed by atoms with E-state index in [2.05, 4.69) is 43.1 Å². The molecule has 4 nitrogen and oxygen atoms in total. The van der Waals surface area contributed by atoms with Crippen LogP contribution in [0.4, 0.5) is 0 Å². The Morgan fingerprint density at radius 3 is 2.74 bits per heavy atom. The minimum absolute atomic E-state index is 0.00134. The van der Waals surface area contributed by atoms with Crippen molar-refractivity contribution in [3.63, 3.8) is 0 Å². The molecule has 1 aromatic carbocycles. The van der Waals surface area contributed by atoms with Crippen LogP contribution in [0, 0.1) is 0 Å². The number of morpholine rings is 1. The van der Waals surface area contributed by atoms with Gasteiger partial charge < -0.3 is 9.64 Å². The van der Waals surface area contributed by atoms with Crippen molar-refractivity contribution in [1.82, 2.24) is 9.88 Å². The predicted molar refractivity (Wildman–Crippen MR) is 93.0 cm³/mol. The quantitative estimate of drug-likeness (QED) is 0.860. The van der Waals surface area contributed by atoms with Crippen molar-refractivity contribution >= 4 is 17.2 Å². The number of ether oxygens (including phenoxy) is 1. The lowest BCUT2D eigenvalue weighted by molar-refractivity contribution is -0.0126. The van der Waals surface area contributed by atoms with Crippen molar-refractivity contribution in [1.29, 1.82) is 0 Å².